The smallest absolute Gasteiger partial charge is 0.314 e. The van der Waals surface area contributed by atoms with Gasteiger partial charge in [0.05, 0.1) is 6.20 Å². The summed E-state index contributed by atoms with van der Waals surface area (Å²) in [5, 5.41) is 9.30. The van der Waals surface area contributed by atoms with Crippen molar-refractivity contribution in [2.75, 3.05) is 13.1 Å². The molecule has 0 saturated heterocycles. The lowest BCUT2D eigenvalue weighted by molar-refractivity contribution is 0.241. The first-order chi connectivity index (χ1) is 9.84. The highest BCUT2D eigenvalue weighted by Crippen LogP contribution is 2.00. The van der Waals surface area contributed by atoms with Gasteiger partial charge in [-0.1, -0.05) is 35.5 Å². The van der Waals surface area contributed by atoms with Crippen molar-refractivity contribution in [3.63, 3.8) is 0 Å². The summed E-state index contributed by atoms with van der Waals surface area (Å²) >= 11 is 0. The minimum atomic E-state index is -0.119. The van der Waals surface area contributed by atoms with Gasteiger partial charge in [0.15, 0.2) is 0 Å². The van der Waals surface area contributed by atoms with E-state index in [0.29, 0.717) is 13.1 Å². The fourth-order valence-electron chi connectivity index (χ4n) is 1.87. The summed E-state index contributed by atoms with van der Waals surface area (Å²) in [6, 6.07) is 9.97. The summed E-state index contributed by atoms with van der Waals surface area (Å²) < 4.78 is 4.74. The summed E-state index contributed by atoms with van der Waals surface area (Å²) in [7, 11) is 0. The van der Waals surface area contributed by atoms with Gasteiger partial charge < -0.3 is 15.2 Å². The molecule has 106 valence electrons. The van der Waals surface area contributed by atoms with Crippen molar-refractivity contribution in [2.45, 2.75) is 19.3 Å². The molecule has 2 aromatic rings. The Morgan fingerprint density at radius 1 is 1.05 bits per heavy atom. The molecular formula is C15H19N3O2. The van der Waals surface area contributed by atoms with Crippen molar-refractivity contribution in [3.05, 3.63) is 53.9 Å². The predicted octanol–water partition coefficient (Wildman–Crippen LogP) is 2.15. The molecule has 2 rings (SSSR count). The van der Waals surface area contributed by atoms with Crippen molar-refractivity contribution in [1.29, 1.82) is 0 Å². The maximum Gasteiger partial charge on any atom is 0.314 e. The van der Waals surface area contributed by atoms with Crippen molar-refractivity contribution in [3.8, 4) is 0 Å². The van der Waals surface area contributed by atoms with Gasteiger partial charge in [-0.05, 0) is 24.8 Å². The average molecular weight is 273 g/mol. The molecule has 5 heteroatoms. The SMILES string of the molecule is O=C(NCCCc1cnoc1)NCCc1ccccc1. The fourth-order valence-corrected chi connectivity index (χ4v) is 1.87. The van der Waals surface area contributed by atoms with E-state index in [1.54, 1.807) is 12.5 Å². The van der Waals surface area contributed by atoms with Gasteiger partial charge >= 0.3 is 6.03 Å². The first-order valence-corrected chi connectivity index (χ1v) is 6.78. The molecule has 0 unspecified atom stereocenters. The van der Waals surface area contributed by atoms with Crippen LogP contribution in [0.4, 0.5) is 4.79 Å². The Kier molecular flexibility index (Phi) is 5.64. The number of hydrogen-bond acceptors (Lipinski definition) is 3. The van der Waals surface area contributed by atoms with Gasteiger partial charge in [0, 0.05) is 18.7 Å². The monoisotopic (exact) mass is 273 g/mol. The van der Waals surface area contributed by atoms with Crippen LogP contribution in [-0.4, -0.2) is 24.3 Å². The molecule has 0 fully saturated rings. The summed E-state index contributed by atoms with van der Waals surface area (Å²) in [6.45, 7) is 1.28. The zero-order valence-corrected chi connectivity index (χ0v) is 11.3. The molecule has 0 radical (unpaired) electrons. The Bertz CT molecular complexity index is 497. The molecular weight excluding hydrogens is 254 g/mol. The lowest BCUT2D eigenvalue weighted by Crippen LogP contribution is -2.37. The maximum absolute atomic E-state index is 11.5. The maximum atomic E-state index is 11.5. The van der Waals surface area contributed by atoms with Gasteiger partial charge in [-0.15, -0.1) is 0 Å². The summed E-state index contributed by atoms with van der Waals surface area (Å²) in [5.74, 6) is 0. The van der Waals surface area contributed by atoms with Crippen LogP contribution in [0, 0.1) is 0 Å². The molecule has 1 aromatic heterocycles. The van der Waals surface area contributed by atoms with Gasteiger partial charge in [-0.2, -0.15) is 0 Å². The molecule has 1 heterocycles. The molecule has 0 saturated carbocycles. The second-order valence-electron chi connectivity index (χ2n) is 4.55. The van der Waals surface area contributed by atoms with Crippen molar-refractivity contribution < 1.29 is 9.32 Å². The normalized spacial score (nSPS) is 10.2. The van der Waals surface area contributed by atoms with Crippen molar-refractivity contribution >= 4 is 6.03 Å². The third kappa shape index (κ3) is 5.14. The van der Waals surface area contributed by atoms with E-state index in [4.69, 9.17) is 4.52 Å². The highest BCUT2D eigenvalue weighted by molar-refractivity contribution is 5.73. The number of urea groups is 1. The van der Waals surface area contributed by atoms with Crippen LogP contribution >= 0.6 is 0 Å². The number of rotatable bonds is 7. The number of amides is 2. The zero-order chi connectivity index (χ0) is 14.0. The summed E-state index contributed by atoms with van der Waals surface area (Å²) in [5.41, 5.74) is 2.27. The predicted molar refractivity (Wildman–Crippen MR) is 76.4 cm³/mol. The number of benzene rings is 1. The third-order valence-corrected chi connectivity index (χ3v) is 2.95. The number of aromatic nitrogens is 1. The quantitative estimate of drug-likeness (QED) is 0.760. The highest BCUT2D eigenvalue weighted by Gasteiger charge is 2.00. The second kappa shape index (κ2) is 7.99. The number of carbonyl (C=O) groups is 1. The lowest BCUT2D eigenvalue weighted by atomic mass is 10.1. The molecule has 20 heavy (non-hydrogen) atoms. The van der Waals surface area contributed by atoms with E-state index in [2.05, 4.69) is 27.9 Å². The van der Waals surface area contributed by atoms with E-state index in [-0.39, 0.29) is 6.03 Å². The summed E-state index contributed by atoms with van der Waals surface area (Å²) in [6.07, 6.45) is 5.88. The van der Waals surface area contributed by atoms with E-state index in [1.807, 2.05) is 18.2 Å². The van der Waals surface area contributed by atoms with Crippen LogP contribution in [0.3, 0.4) is 0 Å². The number of nitrogens with one attached hydrogen (secondary N) is 2. The molecule has 0 aliphatic heterocycles. The van der Waals surface area contributed by atoms with Gasteiger partial charge in [-0.3, -0.25) is 0 Å². The molecule has 0 atom stereocenters. The van der Waals surface area contributed by atoms with Crippen LogP contribution in [0.2, 0.25) is 0 Å². The van der Waals surface area contributed by atoms with Crippen LogP contribution in [0.15, 0.2) is 47.3 Å². The minimum absolute atomic E-state index is 0.119. The van der Waals surface area contributed by atoms with Gasteiger partial charge in [-0.25, -0.2) is 4.79 Å². The molecule has 2 amide bonds. The van der Waals surface area contributed by atoms with Crippen LogP contribution in [0.1, 0.15) is 17.5 Å². The molecule has 0 aliphatic carbocycles. The van der Waals surface area contributed by atoms with E-state index < -0.39 is 0 Å². The number of aryl methyl sites for hydroxylation is 1. The Balaban J connectivity index is 1.52. The fraction of sp³-hybridized carbons (Fsp3) is 0.333. The topological polar surface area (TPSA) is 67.2 Å². The zero-order valence-electron chi connectivity index (χ0n) is 11.3. The largest absolute Gasteiger partial charge is 0.364 e. The number of nitrogens with zero attached hydrogens (tertiary/aromatic N) is 1. The first-order valence-electron chi connectivity index (χ1n) is 6.78. The standard InChI is InChI=1S/C15H19N3O2/c19-15(16-9-4-7-14-11-18-20-12-14)17-10-8-13-5-2-1-3-6-13/h1-3,5-6,11-12H,4,7-10H2,(H2,16,17,19). The second-order valence-corrected chi connectivity index (χ2v) is 4.55. The van der Waals surface area contributed by atoms with Gasteiger partial charge in [0.2, 0.25) is 0 Å². The lowest BCUT2D eigenvalue weighted by Gasteiger charge is -2.07. The molecule has 5 nitrogen and oxygen atoms in total. The molecule has 2 N–H and O–H groups in total. The van der Waals surface area contributed by atoms with E-state index in [1.165, 1.54) is 5.56 Å². The van der Waals surface area contributed by atoms with Crippen molar-refractivity contribution in [2.24, 2.45) is 0 Å². The Morgan fingerprint density at radius 2 is 1.85 bits per heavy atom. The van der Waals surface area contributed by atoms with Crippen molar-refractivity contribution in [1.82, 2.24) is 15.8 Å². The van der Waals surface area contributed by atoms with Crippen LogP contribution in [0.5, 0.6) is 0 Å². The number of hydrogen-bond donors (Lipinski definition) is 2. The highest BCUT2D eigenvalue weighted by atomic mass is 16.5. The molecule has 0 bridgehead atoms. The molecule has 1 aromatic carbocycles. The third-order valence-electron chi connectivity index (χ3n) is 2.95. The summed E-state index contributed by atoms with van der Waals surface area (Å²) in [4.78, 5) is 11.5. The van der Waals surface area contributed by atoms with E-state index in [0.717, 1.165) is 24.8 Å². The Labute approximate surface area is 118 Å². The average Bonchev–Trinajstić information content (AvgIpc) is 2.98. The minimum Gasteiger partial charge on any atom is -0.364 e. The Morgan fingerprint density at radius 3 is 2.60 bits per heavy atom. The number of carbonyl (C=O) groups excluding carboxylic acids is 1. The van der Waals surface area contributed by atoms with Crippen LogP contribution in [-0.2, 0) is 12.8 Å². The molecule has 0 aliphatic rings. The van der Waals surface area contributed by atoms with Crippen LogP contribution in [0.25, 0.3) is 0 Å². The molecule has 0 spiro atoms. The van der Waals surface area contributed by atoms with E-state index in [9.17, 15) is 4.79 Å². The van der Waals surface area contributed by atoms with Gasteiger partial charge in [0.1, 0.15) is 6.26 Å². The first kappa shape index (κ1) is 14.1. The van der Waals surface area contributed by atoms with Gasteiger partial charge in [0.25, 0.3) is 0 Å². The Hall–Kier alpha value is -2.30. The van der Waals surface area contributed by atoms with E-state index >= 15 is 0 Å². The van der Waals surface area contributed by atoms with Crippen LogP contribution < -0.4 is 10.6 Å².